The lowest BCUT2D eigenvalue weighted by molar-refractivity contribution is -0.142. The number of nitrogens with one attached hydrogen (secondary N) is 1. The van der Waals surface area contributed by atoms with E-state index in [1.54, 1.807) is 18.2 Å². The summed E-state index contributed by atoms with van der Waals surface area (Å²) in [4.78, 5) is 23.5. The van der Waals surface area contributed by atoms with Crippen molar-refractivity contribution in [2.45, 2.75) is 19.4 Å². The molecule has 1 amide bonds. The van der Waals surface area contributed by atoms with Crippen LogP contribution in [0.15, 0.2) is 36.4 Å². The number of benzene rings is 2. The third-order valence-electron chi connectivity index (χ3n) is 3.66. The van der Waals surface area contributed by atoms with Crippen LogP contribution in [0, 0.1) is 18.6 Å². The molecule has 1 atom stereocenters. The third-order valence-corrected chi connectivity index (χ3v) is 3.66. The molecule has 2 aromatic carbocycles. The third kappa shape index (κ3) is 4.53. The van der Waals surface area contributed by atoms with Crippen LogP contribution in [0.25, 0.3) is 0 Å². The van der Waals surface area contributed by atoms with Crippen LogP contribution in [0.3, 0.4) is 0 Å². The maximum atomic E-state index is 13.8. The van der Waals surface area contributed by atoms with Crippen molar-refractivity contribution in [3.8, 4) is 5.75 Å². The minimum absolute atomic E-state index is 0.128. The fraction of sp³-hybridized carbons (Fsp3) is 0.222. The largest absolute Gasteiger partial charge is 0.496 e. The van der Waals surface area contributed by atoms with E-state index < -0.39 is 35.1 Å². The Morgan fingerprint density at radius 1 is 1.20 bits per heavy atom. The Kier molecular flexibility index (Phi) is 5.69. The number of halogens is 2. The summed E-state index contributed by atoms with van der Waals surface area (Å²) >= 11 is 0. The number of carbonyl (C=O) groups is 2. The summed E-state index contributed by atoms with van der Waals surface area (Å²) in [7, 11) is 1.50. The molecule has 0 spiro atoms. The standard InChI is InChI=1S/C18H17F2NO4/c1-10-3-4-11(7-15(10)25-2)8-16(22)21-17(18(23)24)13-9-12(19)5-6-14(13)20/h3-7,9,17H,8H2,1-2H3,(H,21,22)(H,23,24). The Bertz CT molecular complexity index is 808. The van der Waals surface area contributed by atoms with Crippen LogP contribution in [0.4, 0.5) is 8.78 Å². The fourth-order valence-electron chi connectivity index (χ4n) is 2.38. The Morgan fingerprint density at radius 2 is 1.92 bits per heavy atom. The number of hydrogen-bond donors (Lipinski definition) is 2. The molecule has 0 saturated carbocycles. The molecule has 0 bridgehead atoms. The van der Waals surface area contributed by atoms with Crippen molar-refractivity contribution in [3.05, 3.63) is 64.7 Å². The Hall–Kier alpha value is -2.96. The molecule has 2 aromatic rings. The van der Waals surface area contributed by atoms with Crippen LogP contribution < -0.4 is 10.1 Å². The molecule has 0 aliphatic rings. The molecule has 0 fully saturated rings. The normalized spacial score (nSPS) is 11.7. The van der Waals surface area contributed by atoms with E-state index in [0.29, 0.717) is 11.3 Å². The molecule has 1 unspecified atom stereocenters. The van der Waals surface area contributed by atoms with Gasteiger partial charge in [-0.05, 0) is 42.3 Å². The monoisotopic (exact) mass is 349 g/mol. The van der Waals surface area contributed by atoms with E-state index in [9.17, 15) is 23.5 Å². The number of aryl methyl sites for hydroxylation is 1. The molecule has 2 N–H and O–H groups in total. The topological polar surface area (TPSA) is 75.6 Å². The van der Waals surface area contributed by atoms with Crippen LogP contribution in [0.5, 0.6) is 5.75 Å². The Morgan fingerprint density at radius 3 is 2.56 bits per heavy atom. The van der Waals surface area contributed by atoms with Crippen LogP contribution in [0.1, 0.15) is 22.7 Å². The summed E-state index contributed by atoms with van der Waals surface area (Å²) in [6.07, 6.45) is -0.128. The first-order valence-electron chi connectivity index (χ1n) is 7.42. The second-order valence-corrected chi connectivity index (χ2v) is 5.49. The van der Waals surface area contributed by atoms with Gasteiger partial charge in [-0.3, -0.25) is 4.79 Å². The summed E-state index contributed by atoms with van der Waals surface area (Å²) in [5, 5.41) is 11.5. The van der Waals surface area contributed by atoms with E-state index in [1.165, 1.54) is 7.11 Å². The molecule has 132 valence electrons. The van der Waals surface area contributed by atoms with Crippen molar-refractivity contribution < 1.29 is 28.2 Å². The summed E-state index contributed by atoms with van der Waals surface area (Å²) in [6, 6.07) is 5.89. The lowest BCUT2D eigenvalue weighted by atomic mass is 10.0. The minimum atomic E-state index is -1.68. The number of ether oxygens (including phenoxy) is 1. The number of hydrogen-bond acceptors (Lipinski definition) is 3. The molecular weight excluding hydrogens is 332 g/mol. The van der Waals surface area contributed by atoms with Gasteiger partial charge >= 0.3 is 5.97 Å². The number of methoxy groups -OCH3 is 1. The van der Waals surface area contributed by atoms with Crippen molar-refractivity contribution in [3.63, 3.8) is 0 Å². The molecule has 7 heteroatoms. The van der Waals surface area contributed by atoms with Gasteiger partial charge in [0.25, 0.3) is 0 Å². The van der Waals surface area contributed by atoms with Gasteiger partial charge in [-0.2, -0.15) is 0 Å². The maximum absolute atomic E-state index is 13.8. The van der Waals surface area contributed by atoms with E-state index in [0.717, 1.165) is 23.8 Å². The Labute approximate surface area is 143 Å². The zero-order chi connectivity index (χ0) is 18.6. The van der Waals surface area contributed by atoms with Crippen molar-refractivity contribution in [2.75, 3.05) is 7.11 Å². The highest BCUT2D eigenvalue weighted by Crippen LogP contribution is 2.21. The highest BCUT2D eigenvalue weighted by molar-refractivity contribution is 5.85. The van der Waals surface area contributed by atoms with Crippen molar-refractivity contribution >= 4 is 11.9 Å². The van der Waals surface area contributed by atoms with Crippen molar-refractivity contribution in [1.29, 1.82) is 0 Å². The van der Waals surface area contributed by atoms with E-state index in [1.807, 2.05) is 6.92 Å². The van der Waals surface area contributed by atoms with Gasteiger partial charge in [0.2, 0.25) is 5.91 Å². The van der Waals surface area contributed by atoms with Gasteiger partial charge in [-0.1, -0.05) is 12.1 Å². The number of carboxylic acids is 1. The molecule has 5 nitrogen and oxygen atoms in total. The number of carbonyl (C=O) groups excluding carboxylic acids is 1. The molecule has 0 saturated heterocycles. The summed E-state index contributed by atoms with van der Waals surface area (Å²) in [6.45, 7) is 1.84. The van der Waals surface area contributed by atoms with Crippen molar-refractivity contribution in [2.24, 2.45) is 0 Å². The number of amides is 1. The summed E-state index contributed by atoms with van der Waals surface area (Å²) in [5.41, 5.74) is 1.04. The van der Waals surface area contributed by atoms with E-state index in [-0.39, 0.29) is 6.42 Å². The molecule has 0 aliphatic heterocycles. The Balaban J connectivity index is 2.18. The predicted molar refractivity (Wildman–Crippen MR) is 86.3 cm³/mol. The molecule has 0 heterocycles. The van der Waals surface area contributed by atoms with E-state index >= 15 is 0 Å². The lowest BCUT2D eigenvalue weighted by Gasteiger charge is -2.16. The quantitative estimate of drug-likeness (QED) is 0.841. The summed E-state index contributed by atoms with van der Waals surface area (Å²) in [5.74, 6) is -3.23. The predicted octanol–water partition coefficient (Wildman–Crippen LogP) is 2.77. The highest BCUT2D eigenvalue weighted by Gasteiger charge is 2.25. The van der Waals surface area contributed by atoms with Gasteiger partial charge in [0, 0.05) is 5.56 Å². The number of carboxylic acid groups (broad SMARTS) is 1. The molecule has 0 aromatic heterocycles. The van der Waals surface area contributed by atoms with Gasteiger partial charge in [-0.25, -0.2) is 13.6 Å². The number of aliphatic carboxylic acids is 1. The van der Waals surface area contributed by atoms with Crippen LogP contribution in [0.2, 0.25) is 0 Å². The molecule has 2 rings (SSSR count). The number of rotatable bonds is 6. The first-order chi connectivity index (χ1) is 11.8. The van der Waals surface area contributed by atoms with Gasteiger partial charge in [0.05, 0.1) is 13.5 Å². The van der Waals surface area contributed by atoms with Crippen LogP contribution >= 0.6 is 0 Å². The van der Waals surface area contributed by atoms with Crippen LogP contribution in [-0.4, -0.2) is 24.1 Å². The molecular formula is C18H17F2NO4. The van der Waals surface area contributed by atoms with Gasteiger partial charge < -0.3 is 15.2 Å². The minimum Gasteiger partial charge on any atom is -0.496 e. The SMILES string of the molecule is COc1cc(CC(=O)NC(C(=O)O)c2cc(F)ccc2F)ccc1C. The average molecular weight is 349 g/mol. The first-order valence-corrected chi connectivity index (χ1v) is 7.42. The van der Waals surface area contributed by atoms with Gasteiger partial charge in [-0.15, -0.1) is 0 Å². The summed E-state index contributed by atoms with van der Waals surface area (Å²) < 4.78 is 32.3. The van der Waals surface area contributed by atoms with Gasteiger partial charge in [0.1, 0.15) is 17.4 Å². The van der Waals surface area contributed by atoms with E-state index in [4.69, 9.17) is 4.74 Å². The zero-order valence-electron chi connectivity index (χ0n) is 13.7. The lowest BCUT2D eigenvalue weighted by Crippen LogP contribution is -2.35. The second-order valence-electron chi connectivity index (χ2n) is 5.49. The molecule has 0 aliphatic carbocycles. The van der Waals surface area contributed by atoms with Crippen LogP contribution in [-0.2, 0) is 16.0 Å². The van der Waals surface area contributed by atoms with Crippen molar-refractivity contribution in [1.82, 2.24) is 5.32 Å². The average Bonchev–Trinajstić information content (AvgIpc) is 2.56. The molecule has 0 radical (unpaired) electrons. The molecule has 25 heavy (non-hydrogen) atoms. The highest BCUT2D eigenvalue weighted by atomic mass is 19.1. The maximum Gasteiger partial charge on any atom is 0.331 e. The van der Waals surface area contributed by atoms with E-state index in [2.05, 4.69) is 5.32 Å². The second kappa shape index (κ2) is 7.74. The smallest absolute Gasteiger partial charge is 0.331 e. The van der Waals surface area contributed by atoms with Gasteiger partial charge in [0.15, 0.2) is 6.04 Å². The first kappa shape index (κ1) is 18.4. The zero-order valence-corrected chi connectivity index (χ0v) is 13.7. The fourth-order valence-corrected chi connectivity index (χ4v) is 2.38.